The Morgan fingerprint density at radius 1 is 1.32 bits per heavy atom. The molecule has 3 heterocycles. The summed E-state index contributed by atoms with van der Waals surface area (Å²) < 4.78 is 7.27. The van der Waals surface area contributed by atoms with Crippen LogP contribution in [0.2, 0.25) is 0 Å². The van der Waals surface area contributed by atoms with Gasteiger partial charge in [-0.3, -0.25) is 4.79 Å². The van der Waals surface area contributed by atoms with Crippen LogP contribution in [-0.2, 0) is 11.8 Å². The van der Waals surface area contributed by atoms with Gasteiger partial charge in [0.2, 0.25) is 0 Å². The molecule has 0 saturated carbocycles. The number of hydrogen-bond donors (Lipinski definition) is 2. The summed E-state index contributed by atoms with van der Waals surface area (Å²) in [5.74, 6) is 1.22. The van der Waals surface area contributed by atoms with E-state index >= 15 is 0 Å². The van der Waals surface area contributed by atoms with Crippen LogP contribution in [0.1, 0.15) is 0 Å². The van der Waals surface area contributed by atoms with Gasteiger partial charge in [-0.05, 0) is 18.2 Å². The van der Waals surface area contributed by atoms with E-state index in [9.17, 15) is 4.79 Å². The molecule has 0 radical (unpaired) electrons. The lowest BCUT2D eigenvalue weighted by Gasteiger charge is -2.18. The molecule has 0 unspecified atom stereocenters. The highest BCUT2D eigenvalue weighted by Gasteiger charge is 2.16. The number of rotatable bonds is 2. The van der Waals surface area contributed by atoms with Gasteiger partial charge < -0.3 is 19.9 Å². The van der Waals surface area contributed by atoms with Gasteiger partial charge in [0, 0.05) is 18.8 Å². The van der Waals surface area contributed by atoms with Gasteiger partial charge in [-0.2, -0.15) is 0 Å². The van der Waals surface area contributed by atoms with Crippen LogP contribution < -0.4 is 15.4 Å². The zero-order chi connectivity index (χ0) is 15.1. The van der Waals surface area contributed by atoms with Crippen molar-refractivity contribution in [1.82, 2.24) is 14.5 Å². The Balaban J connectivity index is 1.65. The second-order valence-corrected chi connectivity index (χ2v) is 5.09. The number of aromatic nitrogens is 3. The van der Waals surface area contributed by atoms with E-state index in [2.05, 4.69) is 20.6 Å². The second-order valence-electron chi connectivity index (χ2n) is 5.09. The number of hydrogen-bond acceptors (Lipinski definition) is 5. The van der Waals surface area contributed by atoms with E-state index in [4.69, 9.17) is 4.74 Å². The van der Waals surface area contributed by atoms with E-state index in [-0.39, 0.29) is 12.5 Å². The summed E-state index contributed by atoms with van der Waals surface area (Å²) in [7, 11) is 1.94. The predicted octanol–water partition coefficient (Wildman–Crippen LogP) is 2.04. The van der Waals surface area contributed by atoms with Crippen molar-refractivity contribution in [2.75, 3.05) is 17.2 Å². The Hall–Kier alpha value is -3.09. The topological polar surface area (TPSA) is 81.1 Å². The van der Waals surface area contributed by atoms with Gasteiger partial charge >= 0.3 is 0 Å². The molecular formula is C15H13N5O2. The molecule has 2 N–H and O–H groups in total. The molecule has 3 aromatic rings. The number of nitrogens with one attached hydrogen (secondary N) is 2. The standard InChI is InChI=1S/C15H13N5O2/c1-20-8-17-11-6-16-14(5-12(11)20)18-9-2-3-13-10(4-9)19-15(21)7-22-13/h2-6,8H,7H2,1H3,(H,16,18)(H,19,21). The van der Waals surface area contributed by atoms with Crippen molar-refractivity contribution in [3.8, 4) is 5.75 Å². The first-order valence-corrected chi connectivity index (χ1v) is 6.80. The minimum atomic E-state index is -0.154. The van der Waals surface area contributed by atoms with Crippen LogP contribution in [0, 0.1) is 0 Å². The number of pyridine rings is 1. The molecule has 1 aliphatic rings. The number of imidazole rings is 1. The van der Waals surface area contributed by atoms with E-state index in [1.807, 2.05) is 35.9 Å². The number of ether oxygens (including phenoxy) is 1. The van der Waals surface area contributed by atoms with E-state index in [1.54, 1.807) is 12.5 Å². The lowest BCUT2D eigenvalue weighted by Crippen LogP contribution is -2.25. The van der Waals surface area contributed by atoms with Gasteiger partial charge in [-0.1, -0.05) is 0 Å². The smallest absolute Gasteiger partial charge is 0.262 e. The fourth-order valence-corrected chi connectivity index (χ4v) is 2.41. The van der Waals surface area contributed by atoms with Gasteiger partial charge in [0.25, 0.3) is 5.91 Å². The fourth-order valence-electron chi connectivity index (χ4n) is 2.41. The summed E-state index contributed by atoms with van der Waals surface area (Å²) in [5.41, 5.74) is 3.31. The second kappa shape index (κ2) is 4.73. The van der Waals surface area contributed by atoms with Crippen LogP contribution in [0.4, 0.5) is 17.2 Å². The van der Waals surface area contributed by atoms with Crippen LogP contribution in [-0.4, -0.2) is 27.0 Å². The highest BCUT2D eigenvalue weighted by molar-refractivity contribution is 5.96. The zero-order valence-electron chi connectivity index (χ0n) is 11.8. The zero-order valence-corrected chi connectivity index (χ0v) is 11.8. The van der Waals surface area contributed by atoms with Gasteiger partial charge in [0.15, 0.2) is 6.61 Å². The van der Waals surface area contributed by atoms with E-state index in [0.29, 0.717) is 17.3 Å². The van der Waals surface area contributed by atoms with Crippen LogP contribution in [0.3, 0.4) is 0 Å². The van der Waals surface area contributed by atoms with Crippen molar-refractivity contribution in [1.29, 1.82) is 0 Å². The molecule has 0 fully saturated rings. The Morgan fingerprint density at radius 3 is 3.14 bits per heavy atom. The maximum atomic E-state index is 11.4. The number of anilines is 3. The lowest BCUT2D eigenvalue weighted by atomic mass is 10.2. The summed E-state index contributed by atoms with van der Waals surface area (Å²) in [6, 6.07) is 7.45. The van der Waals surface area contributed by atoms with Crippen molar-refractivity contribution in [3.63, 3.8) is 0 Å². The molecular weight excluding hydrogens is 282 g/mol. The summed E-state index contributed by atoms with van der Waals surface area (Å²) in [5, 5.41) is 6.00. The molecule has 0 spiro atoms. The molecule has 2 aromatic heterocycles. The third-order valence-electron chi connectivity index (χ3n) is 3.50. The molecule has 0 saturated heterocycles. The summed E-state index contributed by atoms with van der Waals surface area (Å²) in [4.78, 5) is 19.9. The Labute approximate surface area is 125 Å². The van der Waals surface area contributed by atoms with E-state index < -0.39 is 0 Å². The number of amides is 1. The van der Waals surface area contributed by atoms with Crippen LogP contribution >= 0.6 is 0 Å². The largest absolute Gasteiger partial charge is 0.482 e. The van der Waals surface area contributed by atoms with Crippen molar-refractivity contribution in [2.24, 2.45) is 7.05 Å². The normalized spacial score (nSPS) is 13.4. The molecule has 7 nitrogen and oxygen atoms in total. The van der Waals surface area contributed by atoms with Crippen molar-refractivity contribution < 1.29 is 9.53 Å². The molecule has 1 amide bonds. The monoisotopic (exact) mass is 295 g/mol. The van der Waals surface area contributed by atoms with Crippen molar-refractivity contribution >= 4 is 34.1 Å². The fraction of sp³-hybridized carbons (Fsp3) is 0.133. The minimum absolute atomic E-state index is 0.0541. The molecule has 4 rings (SSSR count). The van der Waals surface area contributed by atoms with Gasteiger partial charge in [0.1, 0.15) is 17.1 Å². The molecule has 22 heavy (non-hydrogen) atoms. The van der Waals surface area contributed by atoms with Crippen LogP contribution in [0.25, 0.3) is 11.0 Å². The first-order chi connectivity index (χ1) is 10.7. The number of carbonyl (C=O) groups excluding carboxylic acids is 1. The lowest BCUT2D eigenvalue weighted by molar-refractivity contribution is -0.118. The molecule has 7 heteroatoms. The quantitative estimate of drug-likeness (QED) is 0.756. The number of carbonyl (C=O) groups is 1. The van der Waals surface area contributed by atoms with Crippen molar-refractivity contribution in [3.05, 3.63) is 36.8 Å². The van der Waals surface area contributed by atoms with E-state index in [0.717, 1.165) is 16.7 Å². The molecule has 1 aliphatic heterocycles. The van der Waals surface area contributed by atoms with Crippen LogP contribution in [0.15, 0.2) is 36.8 Å². The summed E-state index contributed by atoms with van der Waals surface area (Å²) >= 11 is 0. The Kier molecular flexibility index (Phi) is 2.72. The first-order valence-electron chi connectivity index (χ1n) is 6.80. The summed E-state index contributed by atoms with van der Waals surface area (Å²) in [6.45, 7) is 0.0541. The average molecular weight is 295 g/mol. The molecule has 0 aliphatic carbocycles. The number of aryl methyl sites for hydroxylation is 1. The minimum Gasteiger partial charge on any atom is -0.482 e. The highest BCUT2D eigenvalue weighted by atomic mass is 16.5. The van der Waals surface area contributed by atoms with Gasteiger partial charge in [-0.15, -0.1) is 0 Å². The highest BCUT2D eigenvalue weighted by Crippen LogP contribution is 2.31. The predicted molar refractivity (Wildman–Crippen MR) is 82.4 cm³/mol. The number of fused-ring (bicyclic) bond motifs is 2. The van der Waals surface area contributed by atoms with Gasteiger partial charge in [0.05, 0.1) is 23.7 Å². The van der Waals surface area contributed by atoms with E-state index in [1.165, 1.54) is 0 Å². The third-order valence-corrected chi connectivity index (χ3v) is 3.50. The first kappa shape index (κ1) is 12.6. The Bertz CT molecular complexity index is 887. The molecule has 0 atom stereocenters. The number of nitrogens with zero attached hydrogens (tertiary/aromatic N) is 3. The Morgan fingerprint density at radius 2 is 2.23 bits per heavy atom. The molecule has 110 valence electrons. The molecule has 0 bridgehead atoms. The summed E-state index contributed by atoms with van der Waals surface area (Å²) in [6.07, 6.45) is 3.48. The van der Waals surface area contributed by atoms with Crippen molar-refractivity contribution in [2.45, 2.75) is 0 Å². The number of benzene rings is 1. The molecule has 1 aromatic carbocycles. The maximum absolute atomic E-state index is 11.4. The SMILES string of the molecule is Cn1cnc2cnc(Nc3ccc4c(c3)NC(=O)CO4)cc21. The van der Waals surface area contributed by atoms with Crippen LogP contribution in [0.5, 0.6) is 5.75 Å². The maximum Gasteiger partial charge on any atom is 0.262 e. The average Bonchev–Trinajstić information content (AvgIpc) is 2.88. The third kappa shape index (κ3) is 2.12. The van der Waals surface area contributed by atoms with Gasteiger partial charge in [-0.25, -0.2) is 9.97 Å².